The second-order valence-corrected chi connectivity index (χ2v) is 5.49. The molecule has 3 N–H and O–H groups in total. The van der Waals surface area contributed by atoms with Crippen LogP contribution < -0.4 is 11.1 Å². The van der Waals surface area contributed by atoms with Gasteiger partial charge in [-0.05, 0) is 52.3 Å². The van der Waals surface area contributed by atoms with Gasteiger partial charge >= 0.3 is 0 Å². The number of nitrogen functional groups attached to an aromatic ring is 1. The lowest BCUT2D eigenvalue weighted by Gasteiger charge is -2.08. The molecule has 0 aliphatic rings. The second-order valence-electron chi connectivity index (χ2n) is 3.82. The predicted molar refractivity (Wildman–Crippen MR) is 83.0 cm³/mol. The lowest BCUT2D eigenvalue weighted by atomic mass is 10.2. The molecule has 0 spiro atoms. The zero-order valence-electron chi connectivity index (χ0n) is 9.58. The van der Waals surface area contributed by atoms with Crippen molar-refractivity contribution in [1.29, 1.82) is 0 Å². The minimum Gasteiger partial charge on any atom is -0.399 e. The molecule has 0 unspecified atom stereocenters. The zero-order chi connectivity index (χ0) is 14.0. The molecular formula is C13H9BrCl2N2O. The standard InChI is InChI=1S/C13H9BrCl2N2O/c14-9-3-1-7(5-10(9)15)13(19)18-12-4-2-8(17)6-11(12)16/h1-6H,17H2,(H,18,19). The number of hydrogen-bond donors (Lipinski definition) is 2. The molecule has 0 aliphatic carbocycles. The number of anilines is 2. The summed E-state index contributed by atoms with van der Waals surface area (Å²) in [4.78, 5) is 12.0. The zero-order valence-corrected chi connectivity index (χ0v) is 12.7. The fourth-order valence-corrected chi connectivity index (χ4v) is 2.13. The summed E-state index contributed by atoms with van der Waals surface area (Å²) in [6, 6.07) is 9.84. The van der Waals surface area contributed by atoms with Crippen molar-refractivity contribution in [3.8, 4) is 0 Å². The number of carbonyl (C=O) groups excluding carboxylic acids is 1. The van der Waals surface area contributed by atoms with Gasteiger partial charge in [0.15, 0.2) is 0 Å². The van der Waals surface area contributed by atoms with Gasteiger partial charge in [0.2, 0.25) is 0 Å². The van der Waals surface area contributed by atoms with Crippen molar-refractivity contribution < 1.29 is 4.79 Å². The van der Waals surface area contributed by atoms with E-state index in [9.17, 15) is 4.79 Å². The Kier molecular flexibility index (Phi) is 4.34. The molecule has 3 nitrogen and oxygen atoms in total. The topological polar surface area (TPSA) is 55.1 Å². The molecule has 0 radical (unpaired) electrons. The maximum Gasteiger partial charge on any atom is 0.255 e. The van der Waals surface area contributed by atoms with E-state index in [2.05, 4.69) is 21.2 Å². The average molecular weight is 360 g/mol. The third-order valence-corrected chi connectivity index (χ3v) is 3.97. The van der Waals surface area contributed by atoms with Crippen LogP contribution in [0.2, 0.25) is 10.0 Å². The van der Waals surface area contributed by atoms with Gasteiger partial charge in [-0.15, -0.1) is 0 Å². The number of benzene rings is 2. The normalized spacial score (nSPS) is 10.3. The van der Waals surface area contributed by atoms with Crippen molar-refractivity contribution in [3.63, 3.8) is 0 Å². The van der Waals surface area contributed by atoms with Crippen molar-refractivity contribution in [2.75, 3.05) is 11.1 Å². The Bertz CT molecular complexity index is 647. The van der Waals surface area contributed by atoms with Crippen molar-refractivity contribution in [3.05, 3.63) is 56.5 Å². The van der Waals surface area contributed by atoms with E-state index in [1.165, 1.54) is 0 Å². The molecule has 1 amide bonds. The number of rotatable bonds is 2. The van der Waals surface area contributed by atoms with Crippen LogP contribution in [0.15, 0.2) is 40.9 Å². The van der Waals surface area contributed by atoms with Gasteiger partial charge < -0.3 is 11.1 Å². The van der Waals surface area contributed by atoms with Crippen LogP contribution in [0.1, 0.15) is 10.4 Å². The summed E-state index contributed by atoms with van der Waals surface area (Å²) < 4.78 is 0.733. The first-order chi connectivity index (χ1) is 8.97. The molecule has 0 heterocycles. The highest BCUT2D eigenvalue weighted by Gasteiger charge is 2.10. The van der Waals surface area contributed by atoms with E-state index in [4.69, 9.17) is 28.9 Å². The first-order valence-electron chi connectivity index (χ1n) is 5.29. The van der Waals surface area contributed by atoms with Crippen molar-refractivity contribution in [1.82, 2.24) is 0 Å². The van der Waals surface area contributed by atoms with E-state index in [0.29, 0.717) is 27.0 Å². The summed E-state index contributed by atoms with van der Waals surface area (Å²) in [5.41, 5.74) is 7.07. The molecule has 0 fully saturated rings. The average Bonchev–Trinajstić information content (AvgIpc) is 2.36. The highest BCUT2D eigenvalue weighted by molar-refractivity contribution is 9.10. The molecule has 0 aromatic heterocycles. The number of carbonyl (C=O) groups is 1. The summed E-state index contributed by atoms with van der Waals surface area (Å²) in [6.07, 6.45) is 0. The van der Waals surface area contributed by atoms with Gasteiger partial charge in [-0.3, -0.25) is 4.79 Å². The highest BCUT2D eigenvalue weighted by atomic mass is 79.9. The lowest BCUT2D eigenvalue weighted by Crippen LogP contribution is -2.12. The first-order valence-corrected chi connectivity index (χ1v) is 6.83. The van der Waals surface area contributed by atoms with Gasteiger partial charge in [-0.1, -0.05) is 23.2 Å². The summed E-state index contributed by atoms with van der Waals surface area (Å²) in [6.45, 7) is 0. The van der Waals surface area contributed by atoms with Crippen LogP contribution in [0.25, 0.3) is 0 Å². The van der Waals surface area contributed by atoms with Crippen LogP contribution >= 0.6 is 39.1 Å². The largest absolute Gasteiger partial charge is 0.399 e. The molecule has 98 valence electrons. The minimum absolute atomic E-state index is 0.291. The van der Waals surface area contributed by atoms with Crippen LogP contribution in [-0.4, -0.2) is 5.91 Å². The van der Waals surface area contributed by atoms with E-state index in [-0.39, 0.29) is 5.91 Å². The number of hydrogen-bond acceptors (Lipinski definition) is 2. The molecule has 0 atom stereocenters. The molecule has 0 saturated carbocycles. The summed E-state index contributed by atoms with van der Waals surface area (Å²) in [7, 11) is 0. The Labute approximate surface area is 128 Å². The smallest absolute Gasteiger partial charge is 0.255 e. The van der Waals surface area contributed by atoms with Crippen LogP contribution in [0.3, 0.4) is 0 Å². The van der Waals surface area contributed by atoms with Crippen LogP contribution in [-0.2, 0) is 0 Å². The highest BCUT2D eigenvalue weighted by Crippen LogP contribution is 2.26. The Hall–Kier alpha value is -1.23. The monoisotopic (exact) mass is 358 g/mol. The molecule has 2 aromatic carbocycles. The molecular weight excluding hydrogens is 351 g/mol. The van der Waals surface area contributed by atoms with E-state index < -0.39 is 0 Å². The molecule has 0 saturated heterocycles. The molecule has 19 heavy (non-hydrogen) atoms. The van der Waals surface area contributed by atoms with Crippen molar-refractivity contribution in [2.24, 2.45) is 0 Å². The lowest BCUT2D eigenvalue weighted by molar-refractivity contribution is 0.102. The number of nitrogens with one attached hydrogen (secondary N) is 1. The fourth-order valence-electron chi connectivity index (χ4n) is 1.46. The fraction of sp³-hybridized carbons (Fsp3) is 0. The Morgan fingerprint density at radius 2 is 1.84 bits per heavy atom. The predicted octanol–water partition coefficient (Wildman–Crippen LogP) is 4.59. The van der Waals surface area contributed by atoms with E-state index >= 15 is 0 Å². The number of halogens is 3. The van der Waals surface area contributed by atoms with E-state index in [1.807, 2.05) is 0 Å². The van der Waals surface area contributed by atoms with Gasteiger partial charge in [0.25, 0.3) is 5.91 Å². The third kappa shape index (κ3) is 3.41. The molecule has 2 aromatic rings. The summed E-state index contributed by atoms with van der Waals surface area (Å²) >= 11 is 15.2. The maximum absolute atomic E-state index is 12.0. The molecule has 0 bridgehead atoms. The van der Waals surface area contributed by atoms with E-state index in [1.54, 1.807) is 36.4 Å². The van der Waals surface area contributed by atoms with Gasteiger partial charge in [0.1, 0.15) is 0 Å². The quantitative estimate of drug-likeness (QED) is 0.770. The molecule has 6 heteroatoms. The van der Waals surface area contributed by atoms with Crippen LogP contribution in [0.4, 0.5) is 11.4 Å². The van der Waals surface area contributed by atoms with Gasteiger partial charge in [0.05, 0.1) is 15.7 Å². The van der Waals surface area contributed by atoms with Crippen molar-refractivity contribution in [2.45, 2.75) is 0 Å². The Balaban J connectivity index is 2.23. The SMILES string of the molecule is Nc1ccc(NC(=O)c2ccc(Br)c(Cl)c2)c(Cl)c1. The van der Waals surface area contributed by atoms with Crippen LogP contribution in [0.5, 0.6) is 0 Å². The summed E-state index contributed by atoms with van der Waals surface area (Å²) in [5.74, 6) is -0.291. The summed E-state index contributed by atoms with van der Waals surface area (Å²) in [5, 5.41) is 3.55. The second kappa shape index (κ2) is 5.82. The van der Waals surface area contributed by atoms with Crippen molar-refractivity contribution >= 4 is 56.4 Å². The number of nitrogens with two attached hydrogens (primary N) is 1. The Morgan fingerprint density at radius 1 is 1.11 bits per heavy atom. The minimum atomic E-state index is -0.291. The number of amides is 1. The first kappa shape index (κ1) is 14.2. The third-order valence-electron chi connectivity index (χ3n) is 2.42. The van der Waals surface area contributed by atoms with Gasteiger partial charge in [0, 0.05) is 15.7 Å². The maximum atomic E-state index is 12.0. The van der Waals surface area contributed by atoms with E-state index in [0.717, 1.165) is 4.47 Å². The van der Waals surface area contributed by atoms with Gasteiger partial charge in [-0.2, -0.15) is 0 Å². The van der Waals surface area contributed by atoms with Gasteiger partial charge in [-0.25, -0.2) is 0 Å². The van der Waals surface area contributed by atoms with Crippen LogP contribution in [0, 0.1) is 0 Å². The molecule has 0 aliphatic heterocycles. The Morgan fingerprint density at radius 3 is 2.47 bits per heavy atom. The molecule has 2 rings (SSSR count).